The van der Waals surface area contributed by atoms with Crippen LogP contribution in [0.5, 0.6) is 0 Å². The van der Waals surface area contributed by atoms with Gasteiger partial charge in [0, 0.05) is 13.0 Å². The van der Waals surface area contributed by atoms with E-state index in [2.05, 4.69) is 13.8 Å². The largest absolute Gasteiger partial charge is 0.472 e. The Morgan fingerprint density at radius 3 is 1.48 bits per heavy atom. The Morgan fingerprint density at radius 1 is 0.614 bits per heavy atom. The summed E-state index contributed by atoms with van der Waals surface area (Å²) >= 11 is 0. The van der Waals surface area contributed by atoms with Gasteiger partial charge >= 0.3 is 13.8 Å². The number of unbranched alkanes of at least 4 members (excludes halogenated alkanes) is 21. The third-order valence-electron chi connectivity index (χ3n) is 7.79. The maximum atomic E-state index is 12.5. The Kier molecular flexibility index (Phi) is 32.0. The zero-order valence-corrected chi connectivity index (χ0v) is 29.3. The first-order valence-electron chi connectivity index (χ1n) is 18.0. The molecule has 10 heteroatoms. The summed E-state index contributed by atoms with van der Waals surface area (Å²) in [6, 6.07) is 0. The maximum Gasteiger partial charge on any atom is 0.472 e. The summed E-state index contributed by atoms with van der Waals surface area (Å²) in [6.07, 6.45) is 26.3. The number of hydrogen-bond donors (Lipinski definition) is 3. The van der Waals surface area contributed by atoms with Crippen molar-refractivity contribution < 1.29 is 43.0 Å². The summed E-state index contributed by atoms with van der Waals surface area (Å²) in [5, 5.41) is 18.2. The van der Waals surface area contributed by atoms with Gasteiger partial charge in [0.2, 0.25) is 0 Å². The molecule has 0 rings (SSSR count). The number of rotatable bonds is 35. The van der Waals surface area contributed by atoms with Gasteiger partial charge in [0.15, 0.2) is 0 Å². The van der Waals surface area contributed by atoms with Crippen molar-refractivity contribution in [2.75, 3.05) is 33.0 Å². The lowest BCUT2D eigenvalue weighted by Gasteiger charge is -2.20. The van der Waals surface area contributed by atoms with Gasteiger partial charge < -0.3 is 24.6 Å². The molecule has 0 aromatic carbocycles. The Bertz CT molecular complexity index is 665. The fourth-order valence-corrected chi connectivity index (χ4v) is 5.79. The number of ether oxygens (including phenoxy) is 2. The molecule has 0 aliphatic heterocycles. The van der Waals surface area contributed by atoms with Gasteiger partial charge in [-0.05, 0) is 12.8 Å². The first-order valence-corrected chi connectivity index (χ1v) is 19.5. The molecule has 0 aromatic rings. The van der Waals surface area contributed by atoms with Crippen LogP contribution in [0.1, 0.15) is 168 Å². The van der Waals surface area contributed by atoms with E-state index in [0.717, 1.165) is 32.1 Å². The minimum absolute atomic E-state index is 0.0568. The van der Waals surface area contributed by atoms with Gasteiger partial charge in [-0.2, -0.15) is 0 Å². The fraction of sp³-hybridized carbons (Fsp3) is 0.971. The van der Waals surface area contributed by atoms with Crippen molar-refractivity contribution in [3.05, 3.63) is 0 Å². The van der Waals surface area contributed by atoms with Crippen LogP contribution in [0.3, 0.4) is 0 Å². The van der Waals surface area contributed by atoms with Gasteiger partial charge in [0.1, 0.15) is 12.2 Å². The van der Waals surface area contributed by atoms with Crippen molar-refractivity contribution in [2.45, 2.75) is 180 Å². The minimum Gasteiger partial charge on any atom is -0.457 e. The molecule has 0 spiro atoms. The molecule has 0 saturated heterocycles. The molecule has 264 valence electrons. The van der Waals surface area contributed by atoms with Crippen molar-refractivity contribution in [3.63, 3.8) is 0 Å². The average Bonchev–Trinajstić information content (AvgIpc) is 3.01. The molecule has 3 unspecified atom stereocenters. The Morgan fingerprint density at radius 2 is 1.02 bits per heavy atom. The van der Waals surface area contributed by atoms with Crippen molar-refractivity contribution in [2.24, 2.45) is 0 Å². The highest BCUT2D eigenvalue weighted by Crippen LogP contribution is 2.43. The molecule has 3 atom stereocenters. The Balaban J connectivity index is 4.22. The molecule has 9 nitrogen and oxygen atoms in total. The van der Waals surface area contributed by atoms with E-state index < -0.39 is 33.2 Å². The number of phosphoric ester groups is 1. The van der Waals surface area contributed by atoms with E-state index >= 15 is 0 Å². The third-order valence-corrected chi connectivity index (χ3v) is 8.74. The summed E-state index contributed by atoms with van der Waals surface area (Å²) in [4.78, 5) is 22.4. The van der Waals surface area contributed by atoms with Crippen LogP contribution in [-0.4, -0.2) is 66.3 Å². The summed E-state index contributed by atoms with van der Waals surface area (Å²) in [6.45, 7) is 3.52. The molecule has 0 aliphatic rings. The first-order chi connectivity index (χ1) is 21.3. The van der Waals surface area contributed by atoms with E-state index in [1.54, 1.807) is 0 Å². The molecule has 0 bridgehead atoms. The number of aliphatic hydroxyl groups is 2. The van der Waals surface area contributed by atoms with Crippen molar-refractivity contribution in [1.29, 1.82) is 0 Å². The fourth-order valence-electron chi connectivity index (χ4n) is 5.00. The zero-order valence-electron chi connectivity index (χ0n) is 28.4. The van der Waals surface area contributed by atoms with Gasteiger partial charge in [-0.25, -0.2) is 4.57 Å². The molecule has 0 fully saturated rings. The molecule has 0 aliphatic carbocycles. The zero-order chi connectivity index (χ0) is 32.6. The second kappa shape index (κ2) is 32.4. The predicted molar refractivity (Wildman–Crippen MR) is 178 cm³/mol. The Hall–Kier alpha value is -0.540. The van der Waals surface area contributed by atoms with E-state index in [1.165, 1.54) is 116 Å². The number of esters is 1. The quantitative estimate of drug-likeness (QED) is 0.0349. The smallest absolute Gasteiger partial charge is 0.457 e. The molecule has 3 N–H and O–H groups in total. The first kappa shape index (κ1) is 43.5. The van der Waals surface area contributed by atoms with Crippen molar-refractivity contribution in [3.8, 4) is 0 Å². The van der Waals surface area contributed by atoms with E-state index in [0.29, 0.717) is 6.61 Å². The van der Waals surface area contributed by atoms with E-state index in [4.69, 9.17) is 23.6 Å². The number of phosphoric acid groups is 1. The summed E-state index contributed by atoms with van der Waals surface area (Å²) < 4.78 is 33.1. The highest BCUT2D eigenvalue weighted by atomic mass is 31.2. The number of aliphatic hydroxyl groups excluding tert-OH is 2. The van der Waals surface area contributed by atoms with Crippen molar-refractivity contribution >= 4 is 13.8 Å². The lowest BCUT2D eigenvalue weighted by Crippen LogP contribution is -2.29. The van der Waals surface area contributed by atoms with Gasteiger partial charge in [0.05, 0.1) is 26.4 Å². The highest BCUT2D eigenvalue weighted by Gasteiger charge is 2.26. The highest BCUT2D eigenvalue weighted by molar-refractivity contribution is 7.47. The number of hydrogen-bond acceptors (Lipinski definition) is 8. The van der Waals surface area contributed by atoms with Crippen LogP contribution in [-0.2, 0) is 27.9 Å². The van der Waals surface area contributed by atoms with Crippen LogP contribution in [0, 0.1) is 0 Å². The molecule has 0 aromatic heterocycles. The molecule has 0 saturated carbocycles. The molecule has 0 heterocycles. The number of carbonyl (C=O) groups is 1. The van der Waals surface area contributed by atoms with Crippen LogP contribution < -0.4 is 0 Å². The summed E-state index contributed by atoms with van der Waals surface area (Å²) in [5.74, 6) is -0.382. The normalized spacial score (nSPS) is 14.4. The molecule has 0 radical (unpaired) electrons. The van der Waals surface area contributed by atoms with Crippen molar-refractivity contribution in [1.82, 2.24) is 0 Å². The lowest BCUT2D eigenvalue weighted by molar-refractivity contribution is -0.154. The maximum absolute atomic E-state index is 12.5. The lowest BCUT2D eigenvalue weighted by atomic mass is 10.0. The van der Waals surface area contributed by atoms with Gasteiger partial charge in [-0.3, -0.25) is 13.8 Å². The van der Waals surface area contributed by atoms with Gasteiger partial charge in [-0.1, -0.05) is 149 Å². The van der Waals surface area contributed by atoms with E-state index in [9.17, 15) is 19.4 Å². The second-order valence-electron chi connectivity index (χ2n) is 12.3. The summed E-state index contributed by atoms with van der Waals surface area (Å²) in [5.41, 5.74) is 0. The predicted octanol–water partition coefficient (Wildman–Crippen LogP) is 8.80. The average molecular weight is 653 g/mol. The van der Waals surface area contributed by atoms with Crippen LogP contribution in [0.4, 0.5) is 0 Å². The third kappa shape index (κ3) is 31.4. The van der Waals surface area contributed by atoms with Crippen LogP contribution >= 0.6 is 7.82 Å². The van der Waals surface area contributed by atoms with Gasteiger partial charge in [-0.15, -0.1) is 0 Å². The molecule has 44 heavy (non-hydrogen) atoms. The second-order valence-corrected chi connectivity index (χ2v) is 13.7. The Labute approximate surface area is 269 Å². The summed E-state index contributed by atoms with van der Waals surface area (Å²) in [7, 11) is -4.50. The van der Waals surface area contributed by atoms with E-state index in [-0.39, 0.29) is 25.6 Å². The number of carbonyl (C=O) groups excluding carboxylic acids is 1. The standard InChI is InChI=1S/C34H69O9P/c1-3-5-7-9-11-13-15-16-17-19-21-23-25-27-40-30-33(31-42-44(38,39)41-29-32(36)28-35)43-34(37)26-24-22-20-18-14-12-10-8-6-4-2/h32-33,35-36H,3-31H2,1-2H3,(H,38,39). The minimum atomic E-state index is -4.50. The van der Waals surface area contributed by atoms with Gasteiger partial charge in [0.25, 0.3) is 0 Å². The van der Waals surface area contributed by atoms with Crippen LogP contribution in [0.25, 0.3) is 0 Å². The molecular formula is C34H69O9P. The van der Waals surface area contributed by atoms with Crippen LogP contribution in [0.2, 0.25) is 0 Å². The molecular weight excluding hydrogens is 583 g/mol. The SMILES string of the molecule is CCCCCCCCCCCCCCCOCC(COP(=O)(O)OCC(O)CO)OC(=O)CCCCCCCCCCCC. The van der Waals surface area contributed by atoms with Crippen LogP contribution in [0.15, 0.2) is 0 Å². The monoisotopic (exact) mass is 652 g/mol. The topological polar surface area (TPSA) is 132 Å². The molecule has 0 amide bonds. The van der Waals surface area contributed by atoms with E-state index in [1.807, 2.05) is 0 Å².